The molecular formula is C32H40N2O4. The van der Waals surface area contributed by atoms with Crippen LogP contribution in [-0.2, 0) is 19.3 Å². The molecule has 5 rings (SSSR count). The Hall–Kier alpha value is -3.38. The molecule has 202 valence electrons. The lowest BCUT2D eigenvalue weighted by atomic mass is 9.79. The Morgan fingerprint density at radius 1 is 0.947 bits per heavy atom. The Morgan fingerprint density at radius 2 is 1.74 bits per heavy atom. The molecule has 1 aliphatic heterocycles. The first kappa shape index (κ1) is 26.2. The summed E-state index contributed by atoms with van der Waals surface area (Å²) in [4.78, 5) is 2.42. The van der Waals surface area contributed by atoms with Gasteiger partial charge in [-0.05, 0) is 110 Å². The molecule has 0 amide bonds. The van der Waals surface area contributed by atoms with Crippen molar-refractivity contribution in [2.45, 2.75) is 44.4 Å². The zero-order valence-electron chi connectivity index (χ0n) is 22.7. The molecule has 3 aromatic rings. The predicted octanol–water partition coefficient (Wildman–Crippen LogP) is 5.81. The van der Waals surface area contributed by atoms with E-state index in [1.807, 2.05) is 6.07 Å². The SMILES string of the molecule is COc1cc(NCCCc2ccc(OCCN3CCC3)cc2)c(C2CCc3cc(O)ccc3C2)cc1OC. The molecule has 2 aliphatic rings. The van der Waals surface area contributed by atoms with Crippen molar-refractivity contribution < 1.29 is 19.3 Å². The quantitative estimate of drug-likeness (QED) is 0.296. The number of hydrogen-bond donors (Lipinski definition) is 2. The molecule has 0 aromatic heterocycles. The Kier molecular flexibility index (Phi) is 8.59. The average molecular weight is 517 g/mol. The zero-order valence-corrected chi connectivity index (χ0v) is 22.7. The summed E-state index contributed by atoms with van der Waals surface area (Å²) in [7, 11) is 3.37. The van der Waals surface area contributed by atoms with E-state index in [0.717, 1.165) is 74.7 Å². The number of aromatic hydroxyl groups is 1. The molecule has 0 saturated carbocycles. The monoisotopic (exact) mass is 516 g/mol. The molecule has 1 heterocycles. The molecule has 1 fully saturated rings. The summed E-state index contributed by atoms with van der Waals surface area (Å²) in [5.74, 6) is 3.18. The van der Waals surface area contributed by atoms with Gasteiger partial charge in [-0.1, -0.05) is 18.2 Å². The van der Waals surface area contributed by atoms with Crippen LogP contribution in [0.25, 0.3) is 0 Å². The second-order valence-corrected chi connectivity index (χ2v) is 10.4. The Labute approximate surface area is 226 Å². The number of phenols is 1. The van der Waals surface area contributed by atoms with Gasteiger partial charge in [0.05, 0.1) is 14.2 Å². The van der Waals surface area contributed by atoms with E-state index in [4.69, 9.17) is 14.2 Å². The number of nitrogens with zero attached hydrogens (tertiary/aromatic N) is 1. The van der Waals surface area contributed by atoms with Gasteiger partial charge in [-0.25, -0.2) is 0 Å². The number of hydrogen-bond acceptors (Lipinski definition) is 6. The second-order valence-electron chi connectivity index (χ2n) is 10.4. The fraction of sp³-hybridized carbons (Fsp3) is 0.438. The fourth-order valence-corrected chi connectivity index (χ4v) is 5.56. The van der Waals surface area contributed by atoms with Crippen LogP contribution in [0.5, 0.6) is 23.0 Å². The van der Waals surface area contributed by atoms with Crippen LogP contribution in [0.2, 0.25) is 0 Å². The van der Waals surface area contributed by atoms with E-state index < -0.39 is 0 Å². The molecule has 1 aliphatic carbocycles. The molecule has 1 unspecified atom stereocenters. The number of nitrogens with one attached hydrogen (secondary N) is 1. The van der Waals surface area contributed by atoms with Crippen LogP contribution in [0.15, 0.2) is 54.6 Å². The van der Waals surface area contributed by atoms with E-state index in [9.17, 15) is 5.11 Å². The van der Waals surface area contributed by atoms with E-state index in [1.165, 1.54) is 41.8 Å². The summed E-state index contributed by atoms with van der Waals surface area (Å²) in [6.07, 6.45) is 6.29. The normalized spacial score (nSPS) is 16.8. The van der Waals surface area contributed by atoms with E-state index >= 15 is 0 Å². The van der Waals surface area contributed by atoms with Crippen LogP contribution in [0.3, 0.4) is 0 Å². The van der Waals surface area contributed by atoms with Gasteiger partial charge in [0.2, 0.25) is 0 Å². The lowest BCUT2D eigenvalue weighted by Crippen LogP contribution is -2.39. The Balaban J connectivity index is 1.19. The van der Waals surface area contributed by atoms with Crippen molar-refractivity contribution in [1.29, 1.82) is 0 Å². The Morgan fingerprint density at radius 3 is 2.47 bits per heavy atom. The highest BCUT2D eigenvalue weighted by molar-refractivity contribution is 5.62. The topological polar surface area (TPSA) is 63.2 Å². The third-order valence-electron chi connectivity index (χ3n) is 7.92. The summed E-state index contributed by atoms with van der Waals surface area (Å²) >= 11 is 0. The van der Waals surface area contributed by atoms with E-state index in [2.05, 4.69) is 52.7 Å². The number of aryl methyl sites for hydroxylation is 2. The van der Waals surface area contributed by atoms with Gasteiger partial charge in [0.15, 0.2) is 11.5 Å². The highest BCUT2D eigenvalue weighted by Gasteiger charge is 2.24. The second kappa shape index (κ2) is 12.4. The number of fused-ring (bicyclic) bond motifs is 1. The van der Waals surface area contributed by atoms with Crippen LogP contribution >= 0.6 is 0 Å². The minimum absolute atomic E-state index is 0.347. The smallest absolute Gasteiger partial charge is 0.162 e. The summed E-state index contributed by atoms with van der Waals surface area (Å²) in [5, 5.41) is 13.6. The van der Waals surface area contributed by atoms with Crippen molar-refractivity contribution in [1.82, 2.24) is 4.90 Å². The molecule has 6 heteroatoms. The number of likely N-dealkylation sites (tertiary alicyclic amines) is 1. The lowest BCUT2D eigenvalue weighted by molar-refractivity contribution is 0.147. The predicted molar refractivity (Wildman–Crippen MR) is 152 cm³/mol. The molecule has 0 spiro atoms. The molecule has 2 N–H and O–H groups in total. The molecule has 38 heavy (non-hydrogen) atoms. The van der Waals surface area contributed by atoms with Crippen molar-refractivity contribution in [3.63, 3.8) is 0 Å². The molecule has 0 bridgehead atoms. The van der Waals surface area contributed by atoms with Gasteiger partial charge in [-0.15, -0.1) is 0 Å². The minimum Gasteiger partial charge on any atom is -0.508 e. The van der Waals surface area contributed by atoms with Crippen LogP contribution < -0.4 is 19.5 Å². The number of rotatable bonds is 12. The van der Waals surface area contributed by atoms with Gasteiger partial charge in [-0.2, -0.15) is 0 Å². The van der Waals surface area contributed by atoms with Gasteiger partial charge >= 0.3 is 0 Å². The standard InChI is InChI=1S/C32H40N2O4/c1-36-31-21-29(26-9-8-25-20-27(35)11-10-24(25)19-26)30(22-32(31)37-2)33-14-3-5-23-6-12-28(13-7-23)38-18-17-34-15-4-16-34/h6-7,10-13,20-22,26,33,35H,3-5,8-9,14-19H2,1-2H3. The van der Waals surface area contributed by atoms with Crippen molar-refractivity contribution in [2.24, 2.45) is 0 Å². The molecule has 1 saturated heterocycles. The molecule has 3 aromatic carbocycles. The van der Waals surface area contributed by atoms with Gasteiger partial charge < -0.3 is 24.6 Å². The van der Waals surface area contributed by atoms with Gasteiger partial charge in [-0.3, -0.25) is 4.90 Å². The van der Waals surface area contributed by atoms with Crippen LogP contribution in [-0.4, -0.2) is 57.0 Å². The summed E-state index contributed by atoms with van der Waals surface area (Å²) in [6, 6.07) is 18.5. The number of anilines is 1. The first-order valence-electron chi connectivity index (χ1n) is 13.9. The minimum atomic E-state index is 0.347. The maximum absolute atomic E-state index is 9.87. The maximum atomic E-state index is 9.87. The van der Waals surface area contributed by atoms with Gasteiger partial charge in [0.25, 0.3) is 0 Å². The fourth-order valence-electron chi connectivity index (χ4n) is 5.56. The number of benzene rings is 3. The van der Waals surface area contributed by atoms with E-state index in [1.54, 1.807) is 20.3 Å². The summed E-state index contributed by atoms with van der Waals surface area (Å²) in [6.45, 7) is 5.06. The Bertz CT molecular complexity index is 1210. The molecule has 1 atom stereocenters. The van der Waals surface area contributed by atoms with Crippen molar-refractivity contribution in [2.75, 3.05) is 52.3 Å². The number of methoxy groups -OCH3 is 2. The van der Waals surface area contributed by atoms with Crippen molar-refractivity contribution in [3.8, 4) is 23.0 Å². The van der Waals surface area contributed by atoms with Crippen molar-refractivity contribution in [3.05, 3.63) is 76.9 Å². The first-order chi connectivity index (χ1) is 18.6. The van der Waals surface area contributed by atoms with Crippen molar-refractivity contribution >= 4 is 5.69 Å². The molecular weight excluding hydrogens is 476 g/mol. The molecule has 6 nitrogen and oxygen atoms in total. The third-order valence-corrected chi connectivity index (χ3v) is 7.92. The first-order valence-corrected chi connectivity index (χ1v) is 13.9. The number of ether oxygens (including phenoxy) is 3. The van der Waals surface area contributed by atoms with Gasteiger partial charge in [0.1, 0.15) is 18.1 Å². The average Bonchev–Trinajstić information content (AvgIpc) is 2.92. The molecule has 0 radical (unpaired) electrons. The van der Waals surface area contributed by atoms with Gasteiger partial charge in [0, 0.05) is 24.8 Å². The lowest BCUT2D eigenvalue weighted by Gasteiger charge is -2.30. The summed E-state index contributed by atoms with van der Waals surface area (Å²) in [5.41, 5.74) is 6.26. The third kappa shape index (κ3) is 6.36. The summed E-state index contributed by atoms with van der Waals surface area (Å²) < 4.78 is 17.2. The van der Waals surface area contributed by atoms with E-state index in [-0.39, 0.29) is 0 Å². The highest BCUT2D eigenvalue weighted by Crippen LogP contribution is 2.42. The van der Waals surface area contributed by atoms with Crippen LogP contribution in [0, 0.1) is 0 Å². The van der Waals surface area contributed by atoms with Crippen LogP contribution in [0.1, 0.15) is 47.4 Å². The highest BCUT2D eigenvalue weighted by atomic mass is 16.5. The maximum Gasteiger partial charge on any atom is 0.162 e. The van der Waals surface area contributed by atoms with E-state index in [0.29, 0.717) is 11.7 Å². The van der Waals surface area contributed by atoms with Crippen LogP contribution in [0.4, 0.5) is 5.69 Å². The largest absolute Gasteiger partial charge is 0.508 e. The number of phenolic OH excluding ortho intramolecular Hbond substituents is 1. The zero-order chi connectivity index (χ0) is 26.3.